The maximum atomic E-state index is 3.60. The zero-order valence-corrected chi connectivity index (χ0v) is 12.1. The lowest BCUT2D eigenvalue weighted by Crippen LogP contribution is -2.36. The fourth-order valence-corrected chi connectivity index (χ4v) is 3.10. The van der Waals surface area contributed by atoms with Crippen molar-refractivity contribution in [3.63, 3.8) is 0 Å². The van der Waals surface area contributed by atoms with Gasteiger partial charge >= 0.3 is 0 Å². The summed E-state index contributed by atoms with van der Waals surface area (Å²) in [5.74, 6) is 3.09. The summed E-state index contributed by atoms with van der Waals surface area (Å²) in [5.41, 5.74) is 1.43. The molecule has 2 unspecified atom stereocenters. The van der Waals surface area contributed by atoms with Crippen molar-refractivity contribution in [1.29, 1.82) is 0 Å². The van der Waals surface area contributed by atoms with Gasteiger partial charge in [0.25, 0.3) is 0 Å². The second-order valence-corrected chi connectivity index (χ2v) is 5.58. The standard InChI is InChI=1S/C15H25NS/c1-4-13(3)15(16-5-2)12-17-11-14-9-7-6-8-10-14/h6-10,13,15-16H,4-5,11-12H2,1-3H3. The highest BCUT2D eigenvalue weighted by atomic mass is 32.2. The van der Waals surface area contributed by atoms with Gasteiger partial charge in [-0.05, 0) is 18.0 Å². The second kappa shape index (κ2) is 8.60. The summed E-state index contributed by atoms with van der Waals surface area (Å²) in [6.45, 7) is 7.88. The number of hydrogen-bond donors (Lipinski definition) is 1. The maximum absolute atomic E-state index is 3.60. The largest absolute Gasteiger partial charge is 0.313 e. The summed E-state index contributed by atoms with van der Waals surface area (Å²) in [5, 5.41) is 3.60. The van der Waals surface area contributed by atoms with E-state index in [1.165, 1.54) is 17.7 Å². The number of hydrogen-bond acceptors (Lipinski definition) is 2. The Balaban J connectivity index is 2.32. The van der Waals surface area contributed by atoms with E-state index < -0.39 is 0 Å². The van der Waals surface area contributed by atoms with Crippen molar-refractivity contribution in [1.82, 2.24) is 5.32 Å². The second-order valence-electron chi connectivity index (χ2n) is 4.55. The molecular formula is C15H25NS. The Kier molecular flexibility index (Phi) is 7.38. The van der Waals surface area contributed by atoms with E-state index in [9.17, 15) is 0 Å². The molecule has 0 heterocycles. The van der Waals surface area contributed by atoms with E-state index in [0.29, 0.717) is 6.04 Å². The van der Waals surface area contributed by atoms with Crippen LogP contribution >= 0.6 is 11.8 Å². The lowest BCUT2D eigenvalue weighted by atomic mass is 10.0. The fraction of sp³-hybridized carbons (Fsp3) is 0.600. The number of benzene rings is 1. The molecule has 0 aliphatic carbocycles. The third-order valence-corrected chi connectivity index (χ3v) is 4.34. The molecule has 0 saturated heterocycles. The summed E-state index contributed by atoms with van der Waals surface area (Å²) in [7, 11) is 0. The molecule has 0 amide bonds. The SMILES string of the molecule is CCNC(CSCc1ccccc1)C(C)CC. The van der Waals surface area contributed by atoms with E-state index in [1.54, 1.807) is 0 Å². The molecule has 0 aliphatic rings. The van der Waals surface area contributed by atoms with Gasteiger partial charge in [0.15, 0.2) is 0 Å². The van der Waals surface area contributed by atoms with Crippen molar-refractivity contribution in [2.75, 3.05) is 12.3 Å². The van der Waals surface area contributed by atoms with Gasteiger partial charge in [-0.2, -0.15) is 11.8 Å². The predicted octanol–water partition coefficient (Wildman–Crippen LogP) is 3.94. The maximum Gasteiger partial charge on any atom is 0.0185 e. The summed E-state index contributed by atoms with van der Waals surface area (Å²) < 4.78 is 0. The number of rotatable bonds is 8. The highest BCUT2D eigenvalue weighted by Gasteiger charge is 2.14. The van der Waals surface area contributed by atoms with E-state index in [4.69, 9.17) is 0 Å². The average molecular weight is 251 g/mol. The first-order valence-electron chi connectivity index (χ1n) is 6.63. The summed E-state index contributed by atoms with van der Waals surface area (Å²) in [6.07, 6.45) is 1.25. The first-order valence-corrected chi connectivity index (χ1v) is 7.78. The zero-order valence-electron chi connectivity index (χ0n) is 11.3. The molecular weight excluding hydrogens is 226 g/mol. The van der Waals surface area contributed by atoms with Crippen LogP contribution < -0.4 is 5.32 Å². The van der Waals surface area contributed by atoms with Crippen LogP contribution in [0.2, 0.25) is 0 Å². The zero-order chi connectivity index (χ0) is 12.5. The Bertz CT molecular complexity index is 286. The van der Waals surface area contributed by atoms with Gasteiger partial charge in [0.2, 0.25) is 0 Å². The van der Waals surface area contributed by atoms with E-state index >= 15 is 0 Å². The van der Waals surface area contributed by atoms with Crippen LogP contribution in [-0.4, -0.2) is 18.3 Å². The smallest absolute Gasteiger partial charge is 0.0185 e. The van der Waals surface area contributed by atoms with E-state index in [1.807, 2.05) is 11.8 Å². The van der Waals surface area contributed by atoms with Gasteiger partial charge in [-0.1, -0.05) is 57.5 Å². The lowest BCUT2D eigenvalue weighted by Gasteiger charge is -2.23. The van der Waals surface area contributed by atoms with E-state index in [0.717, 1.165) is 18.2 Å². The molecule has 2 heteroatoms. The first kappa shape index (κ1) is 14.6. The Labute approximate surface area is 110 Å². The Hall–Kier alpha value is -0.470. The Morgan fingerprint density at radius 2 is 1.88 bits per heavy atom. The van der Waals surface area contributed by atoms with Crippen molar-refractivity contribution < 1.29 is 0 Å². The van der Waals surface area contributed by atoms with E-state index in [-0.39, 0.29) is 0 Å². The van der Waals surface area contributed by atoms with Gasteiger partial charge in [0.05, 0.1) is 0 Å². The summed E-state index contributed by atoms with van der Waals surface area (Å²) in [6, 6.07) is 11.4. The van der Waals surface area contributed by atoms with Crippen molar-refractivity contribution >= 4 is 11.8 Å². The highest BCUT2D eigenvalue weighted by Crippen LogP contribution is 2.17. The molecule has 0 fully saturated rings. The van der Waals surface area contributed by atoms with Gasteiger partial charge < -0.3 is 5.32 Å². The third-order valence-electron chi connectivity index (χ3n) is 3.21. The van der Waals surface area contributed by atoms with Crippen molar-refractivity contribution in [2.24, 2.45) is 5.92 Å². The predicted molar refractivity (Wildman–Crippen MR) is 79.5 cm³/mol. The van der Waals surface area contributed by atoms with Crippen molar-refractivity contribution in [3.8, 4) is 0 Å². The van der Waals surface area contributed by atoms with Gasteiger partial charge in [0.1, 0.15) is 0 Å². The molecule has 0 bridgehead atoms. The van der Waals surface area contributed by atoms with Crippen LogP contribution in [0.15, 0.2) is 30.3 Å². The molecule has 0 spiro atoms. The van der Waals surface area contributed by atoms with Gasteiger partial charge in [-0.25, -0.2) is 0 Å². The van der Waals surface area contributed by atoms with Gasteiger partial charge in [0, 0.05) is 17.5 Å². The molecule has 0 aliphatic heterocycles. The molecule has 1 nitrogen and oxygen atoms in total. The third kappa shape index (κ3) is 5.60. The van der Waals surface area contributed by atoms with Crippen LogP contribution in [0.1, 0.15) is 32.8 Å². The lowest BCUT2D eigenvalue weighted by molar-refractivity contribution is 0.404. The molecule has 1 aromatic rings. The van der Waals surface area contributed by atoms with Crippen LogP contribution in [0.25, 0.3) is 0 Å². The molecule has 1 aromatic carbocycles. The number of thioether (sulfide) groups is 1. The van der Waals surface area contributed by atoms with Gasteiger partial charge in [-0.3, -0.25) is 0 Å². The molecule has 17 heavy (non-hydrogen) atoms. The summed E-state index contributed by atoms with van der Waals surface area (Å²) in [4.78, 5) is 0. The van der Waals surface area contributed by atoms with Gasteiger partial charge in [-0.15, -0.1) is 0 Å². The monoisotopic (exact) mass is 251 g/mol. The Morgan fingerprint density at radius 1 is 1.18 bits per heavy atom. The van der Waals surface area contributed by atoms with E-state index in [2.05, 4.69) is 56.4 Å². The molecule has 1 N–H and O–H groups in total. The van der Waals surface area contributed by atoms with Crippen molar-refractivity contribution in [3.05, 3.63) is 35.9 Å². The topological polar surface area (TPSA) is 12.0 Å². The normalized spacial score (nSPS) is 14.5. The molecule has 0 radical (unpaired) electrons. The minimum atomic E-state index is 0.652. The molecule has 1 rings (SSSR count). The van der Waals surface area contributed by atoms with Crippen molar-refractivity contribution in [2.45, 2.75) is 39.0 Å². The highest BCUT2D eigenvalue weighted by molar-refractivity contribution is 7.98. The quantitative estimate of drug-likeness (QED) is 0.751. The Morgan fingerprint density at radius 3 is 2.47 bits per heavy atom. The molecule has 0 saturated carbocycles. The average Bonchev–Trinajstić information content (AvgIpc) is 2.38. The molecule has 0 aromatic heterocycles. The number of nitrogens with one attached hydrogen (secondary N) is 1. The van der Waals surface area contributed by atoms with Crippen LogP contribution in [0.3, 0.4) is 0 Å². The minimum Gasteiger partial charge on any atom is -0.313 e. The minimum absolute atomic E-state index is 0.652. The van der Waals surface area contributed by atoms with Crippen LogP contribution in [0, 0.1) is 5.92 Å². The van der Waals surface area contributed by atoms with Crippen LogP contribution in [0.4, 0.5) is 0 Å². The molecule has 96 valence electrons. The van der Waals surface area contributed by atoms with Crippen LogP contribution in [-0.2, 0) is 5.75 Å². The fourth-order valence-electron chi connectivity index (χ4n) is 1.85. The summed E-state index contributed by atoms with van der Waals surface area (Å²) >= 11 is 2.04. The van der Waals surface area contributed by atoms with Crippen LogP contribution in [0.5, 0.6) is 0 Å². The molecule has 2 atom stereocenters. The first-order chi connectivity index (χ1) is 8.27.